The fourth-order valence-corrected chi connectivity index (χ4v) is 3.58. The van der Waals surface area contributed by atoms with Gasteiger partial charge in [-0.2, -0.15) is 0 Å². The van der Waals surface area contributed by atoms with Gasteiger partial charge in [0.15, 0.2) is 5.13 Å². The molecule has 1 aliphatic carbocycles. The second-order valence-electron chi connectivity index (χ2n) is 5.54. The molecule has 0 radical (unpaired) electrons. The molecule has 1 aliphatic rings. The lowest BCUT2D eigenvalue weighted by Crippen LogP contribution is -2.25. The van der Waals surface area contributed by atoms with Crippen molar-refractivity contribution in [1.82, 2.24) is 4.98 Å². The van der Waals surface area contributed by atoms with Gasteiger partial charge < -0.3 is 10.1 Å². The predicted molar refractivity (Wildman–Crippen MR) is 82.1 cm³/mol. The number of nitrogens with one attached hydrogen (secondary N) is 1. The van der Waals surface area contributed by atoms with E-state index in [2.05, 4.69) is 17.2 Å². The number of carbonyl (C=O) groups is 1. The summed E-state index contributed by atoms with van der Waals surface area (Å²) in [6.45, 7) is 5.52. The molecular weight excluding hydrogens is 272 g/mol. The molecular formula is C15H24N2O2S. The number of anilines is 1. The van der Waals surface area contributed by atoms with Gasteiger partial charge in [0.2, 0.25) is 0 Å². The lowest BCUT2D eigenvalue weighted by Gasteiger charge is -2.27. The van der Waals surface area contributed by atoms with Crippen LogP contribution >= 0.6 is 11.3 Å². The molecule has 5 heteroatoms. The van der Waals surface area contributed by atoms with E-state index in [4.69, 9.17) is 4.74 Å². The van der Waals surface area contributed by atoms with E-state index in [-0.39, 0.29) is 12.4 Å². The standard InChI is InChI=1S/C15H24N2O2S/c1-3-15(7-5-6-8-15)11-16-14-17-12(10-20-14)9-13(18)19-4-2/h10H,3-9,11H2,1-2H3,(H,16,17). The Labute approximate surface area is 124 Å². The van der Waals surface area contributed by atoms with Gasteiger partial charge in [-0.15, -0.1) is 11.3 Å². The van der Waals surface area contributed by atoms with E-state index in [1.807, 2.05) is 12.3 Å². The van der Waals surface area contributed by atoms with Crippen LogP contribution in [0, 0.1) is 5.41 Å². The number of ether oxygens (including phenoxy) is 1. The summed E-state index contributed by atoms with van der Waals surface area (Å²) in [7, 11) is 0. The van der Waals surface area contributed by atoms with Crippen LogP contribution in [0.2, 0.25) is 0 Å². The summed E-state index contributed by atoms with van der Waals surface area (Å²) in [6, 6.07) is 0. The van der Waals surface area contributed by atoms with Crippen LogP contribution in [0.4, 0.5) is 5.13 Å². The molecule has 0 spiro atoms. The maximum absolute atomic E-state index is 11.4. The Morgan fingerprint density at radius 1 is 1.45 bits per heavy atom. The van der Waals surface area contributed by atoms with Crippen molar-refractivity contribution in [3.8, 4) is 0 Å². The maximum atomic E-state index is 11.4. The van der Waals surface area contributed by atoms with Gasteiger partial charge >= 0.3 is 5.97 Å². The molecule has 1 aromatic rings. The smallest absolute Gasteiger partial charge is 0.311 e. The highest BCUT2D eigenvalue weighted by molar-refractivity contribution is 7.13. The van der Waals surface area contributed by atoms with Crippen molar-refractivity contribution < 1.29 is 9.53 Å². The van der Waals surface area contributed by atoms with Crippen LogP contribution in [0.5, 0.6) is 0 Å². The molecule has 0 aromatic carbocycles. The van der Waals surface area contributed by atoms with Crippen LogP contribution in [0.3, 0.4) is 0 Å². The summed E-state index contributed by atoms with van der Waals surface area (Å²) < 4.78 is 4.94. The second-order valence-corrected chi connectivity index (χ2v) is 6.40. The second kappa shape index (κ2) is 7.07. The molecule has 2 rings (SSSR count). The van der Waals surface area contributed by atoms with Crippen molar-refractivity contribution in [2.45, 2.75) is 52.4 Å². The molecule has 0 atom stereocenters. The molecule has 1 heterocycles. The predicted octanol–water partition coefficient (Wildman–Crippen LogP) is 3.63. The summed E-state index contributed by atoms with van der Waals surface area (Å²) in [5.74, 6) is -0.204. The van der Waals surface area contributed by atoms with E-state index in [0.29, 0.717) is 12.0 Å². The minimum Gasteiger partial charge on any atom is -0.466 e. The van der Waals surface area contributed by atoms with Gasteiger partial charge in [0.1, 0.15) is 0 Å². The molecule has 0 saturated heterocycles. The molecule has 0 amide bonds. The zero-order valence-electron chi connectivity index (χ0n) is 12.4. The maximum Gasteiger partial charge on any atom is 0.311 e. The average molecular weight is 296 g/mol. The molecule has 1 saturated carbocycles. The van der Waals surface area contributed by atoms with Crippen molar-refractivity contribution in [2.24, 2.45) is 5.41 Å². The zero-order chi connectivity index (χ0) is 14.4. The number of nitrogens with zero attached hydrogens (tertiary/aromatic N) is 1. The molecule has 0 unspecified atom stereocenters. The molecule has 1 fully saturated rings. The van der Waals surface area contributed by atoms with Crippen molar-refractivity contribution in [2.75, 3.05) is 18.5 Å². The summed E-state index contributed by atoms with van der Waals surface area (Å²) >= 11 is 1.57. The average Bonchev–Trinajstić information content (AvgIpc) is 3.06. The van der Waals surface area contributed by atoms with Crippen LogP contribution in [0.15, 0.2) is 5.38 Å². The first kappa shape index (κ1) is 15.3. The SMILES string of the molecule is CCOC(=O)Cc1csc(NCC2(CC)CCCC2)n1. The van der Waals surface area contributed by atoms with Crippen LogP contribution in [-0.4, -0.2) is 24.1 Å². The van der Waals surface area contributed by atoms with E-state index in [1.165, 1.54) is 32.1 Å². The molecule has 1 aromatic heterocycles. The fraction of sp³-hybridized carbons (Fsp3) is 0.733. The van der Waals surface area contributed by atoms with E-state index in [0.717, 1.165) is 17.4 Å². The highest BCUT2D eigenvalue weighted by atomic mass is 32.1. The Balaban J connectivity index is 1.85. The molecule has 20 heavy (non-hydrogen) atoms. The van der Waals surface area contributed by atoms with Gasteiger partial charge in [0.25, 0.3) is 0 Å². The summed E-state index contributed by atoms with van der Waals surface area (Å²) in [4.78, 5) is 15.9. The number of esters is 1. The van der Waals surface area contributed by atoms with Gasteiger partial charge in [-0.05, 0) is 31.6 Å². The van der Waals surface area contributed by atoms with E-state index in [1.54, 1.807) is 11.3 Å². The summed E-state index contributed by atoms with van der Waals surface area (Å²) in [6.07, 6.45) is 6.82. The monoisotopic (exact) mass is 296 g/mol. The number of carbonyl (C=O) groups excluding carboxylic acids is 1. The minimum absolute atomic E-state index is 0.204. The number of hydrogen-bond acceptors (Lipinski definition) is 5. The Hall–Kier alpha value is -1.10. The third-order valence-corrected chi connectivity index (χ3v) is 5.06. The normalized spacial score (nSPS) is 17.1. The number of thiazole rings is 1. The minimum atomic E-state index is -0.204. The Morgan fingerprint density at radius 2 is 2.20 bits per heavy atom. The van der Waals surface area contributed by atoms with Crippen LogP contribution in [0.25, 0.3) is 0 Å². The highest BCUT2D eigenvalue weighted by Crippen LogP contribution is 2.41. The first-order chi connectivity index (χ1) is 9.67. The highest BCUT2D eigenvalue weighted by Gasteiger charge is 2.31. The summed E-state index contributed by atoms with van der Waals surface area (Å²) in [5.41, 5.74) is 1.25. The lowest BCUT2D eigenvalue weighted by molar-refractivity contribution is -0.142. The zero-order valence-corrected chi connectivity index (χ0v) is 13.2. The Kier molecular flexibility index (Phi) is 5.40. The largest absolute Gasteiger partial charge is 0.466 e. The first-order valence-corrected chi connectivity index (χ1v) is 8.39. The van der Waals surface area contributed by atoms with Crippen LogP contribution in [0.1, 0.15) is 51.6 Å². The number of aromatic nitrogens is 1. The van der Waals surface area contributed by atoms with Crippen molar-refractivity contribution in [1.29, 1.82) is 0 Å². The quantitative estimate of drug-likeness (QED) is 0.781. The van der Waals surface area contributed by atoms with Crippen LogP contribution in [-0.2, 0) is 16.0 Å². The van der Waals surface area contributed by atoms with Gasteiger partial charge in [-0.25, -0.2) is 4.98 Å². The molecule has 0 aliphatic heterocycles. The number of rotatable bonds is 7. The third kappa shape index (κ3) is 3.95. The number of hydrogen-bond donors (Lipinski definition) is 1. The van der Waals surface area contributed by atoms with E-state index in [9.17, 15) is 4.79 Å². The fourth-order valence-electron chi connectivity index (χ4n) is 2.87. The molecule has 4 nitrogen and oxygen atoms in total. The molecule has 0 bridgehead atoms. The third-order valence-electron chi connectivity index (χ3n) is 4.21. The van der Waals surface area contributed by atoms with Gasteiger partial charge in [-0.1, -0.05) is 19.8 Å². The van der Waals surface area contributed by atoms with Crippen molar-refractivity contribution >= 4 is 22.4 Å². The first-order valence-electron chi connectivity index (χ1n) is 7.51. The van der Waals surface area contributed by atoms with E-state index < -0.39 is 0 Å². The summed E-state index contributed by atoms with van der Waals surface area (Å²) in [5, 5.41) is 6.32. The van der Waals surface area contributed by atoms with Crippen LogP contribution < -0.4 is 5.32 Å². The van der Waals surface area contributed by atoms with Crippen molar-refractivity contribution in [3.63, 3.8) is 0 Å². The van der Waals surface area contributed by atoms with Crippen molar-refractivity contribution in [3.05, 3.63) is 11.1 Å². The van der Waals surface area contributed by atoms with Gasteiger partial charge in [0.05, 0.1) is 18.7 Å². The Morgan fingerprint density at radius 3 is 2.85 bits per heavy atom. The van der Waals surface area contributed by atoms with E-state index >= 15 is 0 Å². The lowest BCUT2D eigenvalue weighted by atomic mass is 9.83. The topological polar surface area (TPSA) is 51.2 Å². The van der Waals surface area contributed by atoms with Gasteiger partial charge in [0, 0.05) is 11.9 Å². The molecule has 1 N–H and O–H groups in total. The Bertz CT molecular complexity index is 439. The molecule has 112 valence electrons. The van der Waals surface area contributed by atoms with Gasteiger partial charge in [-0.3, -0.25) is 4.79 Å².